The van der Waals surface area contributed by atoms with E-state index in [1.165, 1.54) is 13.4 Å². The van der Waals surface area contributed by atoms with E-state index >= 15 is 0 Å². The Hall–Kier alpha value is -1.63. The fourth-order valence-corrected chi connectivity index (χ4v) is 2.24. The summed E-state index contributed by atoms with van der Waals surface area (Å²) in [6.45, 7) is 0. The van der Waals surface area contributed by atoms with Crippen molar-refractivity contribution >= 4 is 28.9 Å². The van der Waals surface area contributed by atoms with Crippen LogP contribution in [0.15, 0.2) is 17.7 Å². The Morgan fingerprint density at radius 2 is 2.35 bits per heavy atom. The van der Waals surface area contributed by atoms with Crippen molar-refractivity contribution in [2.45, 2.75) is 17.9 Å². The lowest BCUT2D eigenvalue weighted by atomic mass is 10.3. The van der Waals surface area contributed by atoms with Crippen molar-refractivity contribution in [3.63, 3.8) is 0 Å². The molecule has 0 atom stereocenters. The first kappa shape index (κ1) is 11.8. The van der Waals surface area contributed by atoms with Gasteiger partial charge in [-0.05, 0) is 6.42 Å². The molecule has 0 fully saturated rings. The summed E-state index contributed by atoms with van der Waals surface area (Å²) in [5.74, 6) is 0.625. The van der Waals surface area contributed by atoms with E-state index in [1.54, 1.807) is 18.1 Å². The summed E-state index contributed by atoms with van der Waals surface area (Å²) in [4.78, 5) is 26.2. The van der Waals surface area contributed by atoms with E-state index in [-0.39, 0.29) is 5.97 Å². The number of ether oxygens (including phenoxy) is 1. The SMILES string of the molecule is COC(=O)CCCSc1ncnc2nc[nH]c12. The van der Waals surface area contributed by atoms with Gasteiger partial charge in [-0.25, -0.2) is 15.0 Å². The molecule has 0 aliphatic rings. The number of esters is 1. The Balaban J connectivity index is 1.91. The second-order valence-electron chi connectivity index (χ2n) is 3.31. The quantitative estimate of drug-likeness (QED) is 0.375. The second kappa shape index (κ2) is 5.62. The third-order valence-electron chi connectivity index (χ3n) is 2.18. The van der Waals surface area contributed by atoms with Crippen molar-refractivity contribution < 1.29 is 9.53 Å². The van der Waals surface area contributed by atoms with Gasteiger partial charge in [-0.3, -0.25) is 4.79 Å². The predicted molar refractivity (Wildman–Crippen MR) is 63.7 cm³/mol. The molecule has 0 unspecified atom stereocenters. The molecule has 0 aliphatic heterocycles. The van der Waals surface area contributed by atoms with Gasteiger partial charge in [0.1, 0.15) is 16.9 Å². The highest BCUT2D eigenvalue weighted by atomic mass is 32.2. The third-order valence-corrected chi connectivity index (χ3v) is 3.26. The van der Waals surface area contributed by atoms with E-state index in [0.717, 1.165) is 22.7 Å². The van der Waals surface area contributed by atoms with E-state index in [9.17, 15) is 4.79 Å². The molecule has 0 radical (unpaired) electrons. The molecule has 0 saturated heterocycles. The number of nitrogens with one attached hydrogen (secondary N) is 1. The molecular formula is C10H12N4O2S. The molecule has 2 aromatic heterocycles. The predicted octanol–water partition coefficient (Wildman–Crippen LogP) is 1.40. The average Bonchev–Trinajstić information content (AvgIpc) is 2.83. The van der Waals surface area contributed by atoms with Crippen LogP contribution in [-0.4, -0.2) is 38.8 Å². The van der Waals surface area contributed by atoms with Crippen LogP contribution >= 0.6 is 11.8 Å². The van der Waals surface area contributed by atoms with Gasteiger partial charge in [0.25, 0.3) is 0 Å². The molecule has 0 saturated carbocycles. The lowest BCUT2D eigenvalue weighted by Gasteiger charge is -2.01. The number of aromatic amines is 1. The summed E-state index contributed by atoms with van der Waals surface area (Å²) in [5.41, 5.74) is 1.51. The van der Waals surface area contributed by atoms with Crippen molar-refractivity contribution in [3.8, 4) is 0 Å². The standard InChI is InChI=1S/C10H12N4O2S/c1-16-7(15)3-2-4-17-10-8-9(12-5-11-8)13-6-14-10/h5-6H,2-4H2,1H3,(H,11,12,13,14). The molecule has 7 heteroatoms. The Morgan fingerprint density at radius 3 is 3.18 bits per heavy atom. The summed E-state index contributed by atoms with van der Waals surface area (Å²) >= 11 is 1.58. The zero-order valence-electron chi connectivity index (χ0n) is 9.34. The number of nitrogens with zero attached hydrogens (tertiary/aromatic N) is 3. The molecule has 0 aromatic carbocycles. The van der Waals surface area contributed by atoms with Gasteiger partial charge in [-0.15, -0.1) is 11.8 Å². The summed E-state index contributed by atoms with van der Waals surface area (Å²) in [7, 11) is 1.40. The maximum absolute atomic E-state index is 10.9. The number of H-pyrrole nitrogens is 1. The van der Waals surface area contributed by atoms with Gasteiger partial charge in [0.05, 0.1) is 13.4 Å². The average molecular weight is 252 g/mol. The van der Waals surface area contributed by atoms with Crippen molar-refractivity contribution in [2.24, 2.45) is 0 Å². The van der Waals surface area contributed by atoms with Crippen LogP contribution in [0.1, 0.15) is 12.8 Å². The van der Waals surface area contributed by atoms with E-state index in [4.69, 9.17) is 0 Å². The van der Waals surface area contributed by atoms with Gasteiger partial charge >= 0.3 is 5.97 Å². The van der Waals surface area contributed by atoms with Crippen molar-refractivity contribution in [3.05, 3.63) is 12.7 Å². The highest BCUT2D eigenvalue weighted by Crippen LogP contribution is 2.22. The van der Waals surface area contributed by atoms with E-state index in [1.807, 2.05) is 0 Å². The lowest BCUT2D eigenvalue weighted by molar-refractivity contribution is -0.140. The molecule has 2 heterocycles. The molecule has 0 amide bonds. The fourth-order valence-electron chi connectivity index (χ4n) is 1.34. The van der Waals surface area contributed by atoms with E-state index in [2.05, 4.69) is 24.7 Å². The fraction of sp³-hybridized carbons (Fsp3) is 0.400. The molecular weight excluding hydrogens is 240 g/mol. The largest absolute Gasteiger partial charge is 0.469 e. The van der Waals surface area contributed by atoms with Crippen LogP contribution in [0.4, 0.5) is 0 Å². The highest BCUT2D eigenvalue weighted by Gasteiger charge is 2.06. The number of rotatable bonds is 5. The van der Waals surface area contributed by atoms with Gasteiger partial charge < -0.3 is 9.72 Å². The second-order valence-corrected chi connectivity index (χ2v) is 4.39. The molecule has 0 spiro atoms. The van der Waals surface area contributed by atoms with Crippen LogP contribution in [0, 0.1) is 0 Å². The number of methoxy groups -OCH3 is 1. The van der Waals surface area contributed by atoms with Crippen LogP contribution in [0.3, 0.4) is 0 Å². The van der Waals surface area contributed by atoms with E-state index in [0.29, 0.717) is 12.1 Å². The number of hydrogen-bond acceptors (Lipinski definition) is 6. The molecule has 0 aliphatic carbocycles. The zero-order valence-corrected chi connectivity index (χ0v) is 10.2. The van der Waals surface area contributed by atoms with Crippen molar-refractivity contribution in [1.82, 2.24) is 19.9 Å². The van der Waals surface area contributed by atoms with Gasteiger partial charge in [-0.1, -0.05) is 0 Å². The van der Waals surface area contributed by atoms with Gasteiger partial charge in [-0.2, -0.15) is 0 Å². The van der Waals surface area contributed by atoms with Crippen LogP contribution in [-0.2, 0) is 9.53 Å². The number of carbonyl (C=O) groups is 1. The molecule has 1 N–H and O–H groups in total. The maximum Gasteiger partial charge on any atom is 0.305 e. The smallest absolute Gasteiger partial charge is 0.305 e. The number of thioether (sulfide) groups is 1. The number of hydrogen-bond donors (Lipinski definition) is 1. The molecule has 2 aromatic rings. The molecule has 90 valence electrons. The molecule has 6 nitrogen and oxygen atoms in total. The minimum absolute atomic E-state index is 0.181. The monoisotopic (exact) mass is 252 g/mol. The number of aromatic nitrogens is 4. The Kier molecular flexibility index (Phi) is 3.92. The lowest BCUT2D eigenvalue weighted by Crippen LogP contribution is -2.00. The Bertz CT molecular complexity index is 514. The summed E-state index contributed by atoms with van der Waals surface area (Å²) in [6.07, 6.45) is 4.28. The third kappa shape index (κ3) is 2.94. The molecule has 17 heavy (non-hydrogen) atoms. The topological polar surface area (TPSA) is 80.8 Å². The number of carbonyl (C=O) groups excluding carboxylic acids is 1. The Morgan fingerprint density at radius 1 is 1.47 bits per heavy atom. The van der Waals surface area contributed by atoms with Crippen LogP contribution in [0.5, 0.6) is 0 Å². The van der Waals surface area contributed by atoms with Gasteiger partial charge in [0, 0.05) is 12.2 Å². The normalized spacial score (nSPS) is 10.6. The first-order valence-electron chi connectivity index (χ1n) is 5.15. The number of fused-ring (bicyclic) bond motifs is 1. The van der Waals surface area contributed by atoms with Crippen LogP contribution in [0.2, 0.25) is 0 Å². The minimum atomic E-state index is -0.181. The molecule has 0 bridgehead atoms. The summed E-state index contributed by atoms with van der Waals surface area (Å²) in [6, 6.07) is 0. The summed E-state index contributed by atoms with van der Waals surface area (Å²) in [5, 5.41) is 0.859. The first-order chi connectivity index (χ1) is 8.31. The minimum Gasteiger partial charge on any atom is -0.469 e. The highest BCUT2D eigenvalue weighted by molar-refractivity contribution is 7.99. The van der Waals surface area contributed by atoms with Crippen molar-refractivity contribution in [2.75, 3.05) is 12.9 Å². The summed E-state index contributed by atoms with van der Waals surface area (Å²) < 4.78 is 4.57. The number of imidazole rings is 1. The first-order valence-corrected chi connectivity index (χ1v) is 6.13. The maximum atomic E-state index is 10.9. The van der Waals surface area contributed by atoms with Crippen LogP contribution in [0.25, 0.3) is 11.2 Å². The van der Waals surface area contributed by atoms with Crippen molar-refractivity contribution in [1.29, 1.82) is 0 Å². The van der Waals surface area contributed by atoms with Gasteiger partial charge in [0.2, 0.25) is 0 Å². The van der Waals surface area contributed by atoms with Crippen LogP contribution < -0.4 is 0 Å². The Labute approximate surface area is 102 Å². The molecule has 2 rings (SSSR count). The van der Waals surface area contributed by atoms with Gasteiger partial charge in [0.15, 0.2) is 5.65 Å². The van der Waals surface area contributed by atoms with E-state index < -0.39 is 0 Å². The zero-order chi connectivity index (χ0) is 12.1.